The average molecular weight is 319 g/mol. The third-order valence-electron chi connectivity index (χ3n) is 0. The molecule has 0 atom stereocenters. The van der Waals surface area contributed by atoms with E-state index in [1.54, 1.807) is 0 Å². The summed E-state index contributed by atoms with van der Waals surface area (Å²) in [5, 5.41) is 0. The van der Waals surface area contributed by atoms with Crippen LogP contribution in [0.3, 0.4) is 0 Å². The van der Waals surface area contributed by atoms with Crippen molar-refractivity contribution in [1.29, 1.82) is 0 Å². The van der Waals surface area contributed by atoms with Gasteiger partial charge in [-0.05, 0) is 0 Å². The molecule has 0 spiro atoms. The summed E-state index contributed by atoms with van der Waals surface area (Å²) < 4.78 is 0. The molecule has 0 rings (SSSR count). The summed E-state index contributed by atoms with van der Waals surface area (Å²) in [6, 6.07) is 0. The summed E-state index contributed by atoms with van der Waals surface area (Å²) in [5.41, 5.74) is 0. The second-order valence-electron chi connectivity index (χ2n) is 0. The summed E-state index contributed by atoms with van der Waals surface area (Å²) in [6.07, 6.45) is 0. The largest absolute Gasteiger partial charge is 0.307 e. The first-order valence-corrected chi connectivity index (χ1v) is 0.289. The van der Waals surface area contributed by atoms with Crippen LogP contribution in [0.4, 0.5) is 0 Å². The second-order valence-corrected chi connectivity index (χ2v) is 0. The minimum atomic E-state index is 0. The van der Waals surface area contributed by atoms with Crippen LogP contribution >= 0.6 is 0 Å². The Hall–Kier alpha value is 0.956. The Morgan fingerprint density at radius 3 is 1.25 bits per heavy atom. The van der Waals surface area contributed by atoms with Crippen LogP contribution in [0.5, 0.6) is 0 Å². The molecule has 0 saturated carbocycles. The molecule has 0 aromatic heterocycles. The van der Waals surface area contributed by atoms with E-state index in [0.29, 0.717) is 0 Å². The van der Waals surface area contributed by atoms with E-state index in [1.807, 2.05) is 6.79 Å². The molecule has 0 saturated heterocycles. The van der Waals surface area contributed by atoms with E-state index in [0.717, 1.165) is 0 Å². The van der Waals surface area contributed by atoms with E-state index >= 15 is 0 Å². The Balaban J connectivity index is -0.00000000500. The van der Waals surface area contributed by atoms with Crippen molar-refractivity contribution in [3.63, 3.8) is 0 Å². The van der Waals surface area contributed by atoms with Crippen molar-refractivity contribution in [2.24, 2.45) is 0 Å². The summed E-state index contributed by atoms with van der Waals surface area (Å²) in [7, 11) is 0. The molecule has 1 nitrogen and oxygen atoms in total. The van der Waals surface area contributed by atoms with Crippen molar-refractivity contribution in [2.45, 2.75) is 0 Å². The fourth-order valence-electron chi connectivity index (χ4n) is 0. The second kappa shape index (κ2) is 37.8. The Morgan fingerprint density at radius 2 is 1.25 bits per heavy atom. The summed E-state index contributed by atoms with van der Waals surface area (Å²) in [4.78, 5) is 8.00. The van der Waals surface area contributed by atoms with Crippen LogP contribution in [0.1, 0.15) is 0 Å². The topological polar surface area (TPSA) is 17.1 Å². The molecule has 0 unspecified atom stereocenters. The fraction of sp³-hybridized carbons (Fsp3) is 0. The van der Waals surface area contributed by atoms with E-state index in [4.69, 9.17) is 4.79 Å². The maximum Gasteiger partial charge on any atom is 0.106 e. The van der Waals surface area contributed by atoms with Crippen molar-refractivity contribution >= 4 is 6.79 Å². The van der Waals surface area contributed by atoms with Crippen molar-refractivity contribution < 1.29 is 44.7 Å². The van der Waals surface area contributed by atoms with Gasteiger partial charge in [0.05, 0.1) is 0 Å². The van der Waals surface area contributed by atoms with E-state index < -0.39 is 0 Å². The molecule has 3 heteroatoms. The predicted octanol–water partition coefficient (Wildman–Crippen LogP) is -0.190. The minimum Gasteiger partial charge on any atom is -0.307 e. The maximum absolute atomic E-state index is 8.00. The molecule has 0 aromatic rings. The molecule has 0 fully saturated rings. The predicted molar refractivity (Wildman–Crippen MR) is 7.12 cm³/mol. The number of rotatable bonds is 0. The molecule has 0 aliphatic heterocycles. The van der Waals surface area contributed by atoms with Crippen LogP contribution in [0, 0.1) is 0 Å². The Bertz CT molecular complexity index is 8.00. The fourth-order valence-corrected chi connectivity index (χ4v) is 0. The molecule has 4 heavy (non-hydrogen) atoms. The minimum absolute atomic E-state index is 0. The SMILES string of the molecule is C=O.[Re].[Rh]. The van der Waals surface area contributed by atoms with Gasteiger partial charge in [0.2, 0.25) is 0 Å². The first-order valence-electron chi connectivity index (χ1n) is 0.289. The van der Waals surface area contributed by atoms with Gasteiger partial charge in [-0.25, -0.2) is 0 Å². The van der Waals surface area contributed by atoms with Gasteiger partial charge in [0.15, 0.2) is 0 Å². The van der Waals surface area contributed by atoms with Crippen LogP contribution < -0.4 is 0 Å². The molecule has 0 N–H and O–H groups in total. The van der Waals surface area contributed by atoms with E-state index in [9.17, 15) is 0 Å². The van der Waals surface area contributed by atoms with Crippen molar-refractivity contribution in [3.8, 4) is 0 Å². The number of carbonyl (C=O) groups is 1. The van der Waals surface area contributed by atoms with E-state index in [-0.39, 0.29) is 39.9 Å². The number of carbonyl (C=O) groups excluding carboxylic acids is 1. The monoisotopic (exact) mass is 320 g/mol. The van der Waals surface area contributed by atoms with Crippen LogP contribution in [0.15, 0.2) is 0 Å². The number of hydrogen-bond donors (Lipinski definition) is 0. The van der Waals surface area contributed by atoms with Gasteiger partial charge in [0.1, 0.15) is 6.79 Å². The number of hydrogen-bond acceptors (Lipinski definition) is 1. The van der Waals surface area contributed by atoms with Gasteiger partial charge in [0.25, 0.3) is 0 Å². The average Bonchev–Trinajstić information content (AvgIpc) is 1.00. The van der Waals surface area contributed by atoms with E-state index in [2.05, 4.69) is 0 Å². The molecular weight excluding hydrogens is 317 g/mol. The molecule has 0 aliphatic carbocycles. The Morgan fingerprint density at radius 1 is 1.25 bits per heavy atom. The van der Waals surface area contributed by atoms with Gasteiger partial charge in [-0.15, -0.1) is 0 Å². The maximum atomic E-state index is 8.00. The van der Waals surface area contributed by atoms with Gasteiger partial charge >= 0.3 is 0 Å². The molecule has 2 radical (unpaired) electrons. The van der Waals surface area contributed by atoms with Gasteiger partial charge in [-0.1, -0.05) is 0 Å². The third kappa shape index (κ3) is 12.4. The van der Waals surface area contributed by atoms with Crippen molar-refractivity contribution in [2.75, 3.05) is 0 Å². The summed E-state index contributed by atoms with van der Waals surface area (Å²) in [5.74, 6) is 0. The standard InChI is InChI=1S/CH2O.Re.Rh/c1-2;;/h1H2;;. The van der Waals surface area contributed by atoms with Gasteiger partial charge < -0.3 is 4.79 Å². The smallest absolute Gasteiger partial charge is 0.106 e. The van der Waals surface area contributed by atoms with Crippen LogP contribution in [0.2, 0.25) is 0 Å². The van der Waals surface area contributed by atoms with Gasteiger partial charge in [-0.3, -0.25) is 0 Å². The van der Waals surface area contributed by atoms with Gasteiger partial charge in [0, 0.05) is 39.9 Å². The molecule has 0 aromatic carbocycles. The molecule has 0 bridgehead atoms. The van der Waals surface area contributed by atoms with Crippen LogP contribution in [0.25, 0.3) is 0 Å². The Labute approximate surface area is 51.6 Å². The normalized spacial score (nSPS) is 1.00. The Kier molecular flexibility index (Phi) is 192. The summed E-state index contributed by atoms with van der Waals surface area (Å²) >= 11 is 0. The molecule has 0 heterocycles. The first-order chi connectivity index (χ1) is 1.00. The first kappa shape index (κ1) is 20.3. The van der Waals surface area contributed by atoms with E-state index in [1.165, 1.54) is 0 Å². The molecule has 0 aliphatic rings. The van der Waals surface area contributed by atoms with Crippen molar-refractivity contribution in [1.82, 2.24) is 0 Å². The zero-order valence-corrected chi connectivity index (χ0v) is 6.18. The van der Waals surface area contributed by atoms with Crippen LogP contribution in [-0.4, -0.2) is 6.79 Å². The zero-order valence-electron chi connectivity index (χ0n) is 1.83. The third-order valence-corrected chi connectivity index (χ3v) is 0. The van der Waals surface area contributed by atoms with Crippen LogP contribution in [-0.2, 0) is 44.7 Å². The molecule has 0 amide bonds. The molecule has 28 valence electrons. The van der Waals surface area contributed by atoms with Gasteiger partial charge in [-0.2, -0.15) is 0 Å². The summed E-state index contributed by atoms with van der Waals surface area (Å²) in [6.45, 7) is 2.00. The zero-order chi connectivity index (χ0) is 2.00. The van der Waals surface area contributed by atoms with Crippen molar-refractivity contribution in [3.05, 3.63) is 0 Å². The quantitative estimate of drug-likeness (QED) is 0.566. The molecular formula is CH2OReRh.